The molecule has 0 unspecified atom stereocenters. The van der Waals surface area contributed by atoms with E-state index in [0.717, 1.165) is 51.4 Å². The van der Waals surface area contributed by atoms with Gasteiger partial charge in [0.15, 0.2) is 6.10 Å². The highest BCUT2D eigenvalue weighted by atomic mass is 31.2. The van der Waals surface area contributed by atoms with E-state index in [-0.39, 0.29) is 19.4 Å². The van der Waals surface area contributed by atoms with E-state index in [1.165, 1.54) is 103 Å². The van der Waals surface area contributed by atoms with Crippen LogP contribution in [0.2, 0.25) is 0 Å². The van der Waals surface area contributed by atoms with E-state index in [9.17, 15) is 14.2 Å². The number of hydrogen-bond donors (Lipinski definition) is 2. The van der Waals surface area contributed by atoms with Crippen LogP contribution in [0.25, 0.3) is 0 Å². The topological polar surface area (TPSA) is 119 Å². The van der Waals surface area contributed by atoms with E-state index in [1.807, 2.05) is 6.08 Å². The van der Waals surface area contributed by atoms with E-state index in [2.05, 4.69) is 73.1 Å². The molecule has 54 heavy (non-hydrogen) atoms. The Morgan fingerprint density at radius 3 is 1.31 bits per heavy atom. The van der Waals surface area contributed by atoms with Gasteiger partial charge in [0, 0.05) is 12.8 Å². The first kappa shape index (κ1) is 51.8. The lowest BCUT2D eigenvalue weighted by Gasteiger charge is -2.18. The molecule has 0 aromatic carbocycles. The number of carbonyl (C=O) groups excluding carboxylic acids is 2. The summed E-state index contributed by atoms with van der Waals surface area (Å²) in [6.45, 7) is 3.62. The lowest BCUT2D eigenvalue weighted by molar-refractivity contribution is -0.161. The van der Waals surface area contributed by atoms with Crippen LogP contribution in [0.1, 0.15) is 194 Å². The number of hydrogen-bond acceptors (Lipinski definition) is 6. The van der Waals surface area contributed by atoms with Crippen LogP contribution in [-0.2, 0) is 28.2 Å². The predicted octanol–water partition coefficient (Wildman–Crippen LogP) is 13.3. The maximum absolute atomic E-state index is 12.4. The molecule has 2 N–H and O–H groups in total. The molecule has 0 aliphatic heterocycles. The zero-order valence-corrected chi connectivity index (χ0v) is 35.2. The van der Waals surface area contributed by atoms with Crippen molar-refractivity contribution in [3.63, 3.8) is 0 Å². The second kappa shape index (κ2) is 40.4. The van der Waals surface area contributed by atoms with Gasteiger partial charge in [-0.3, -0.25) is 14.1 Å². The van der Waals surface area contributed by atoms with Crippen molar-refractivity contribution >= 4 is 19.8 Å². The van der Waals surface area contributed by atoms with E-state index >= 15 is 0 Å². The van der Waals surface area contributed by atoms with E-state index < -0.39 is 32.5 Å². The summed E-state index contributed by atoms with van der Waals surface area (Å²) in [6, 6.07) is 0. The van der Waals surface area contributed by atoms with Crippen molar-refractivity contribution < 1.29 is 37.9 Å². The molecule has 0 radical (unpaired) electrons. The van der Waals surface area contributed by atoms with Gasteiger partial charge >= 0.3 is 19.8 Å². The van der Waals surface area contributed by atoms with E-state index in [4.69, 9.17) is 19.3 Å². The molecule has 0 heterocycles. The van der Waals surface area contributed by atoms with Gasteiger partial charge in [0.25, 0.3) is 0 Å². The number of ether oxygens (including phenoxy) is 2. The standard InChI is InChI=1S/C45H79O8P/c1-3-5-7-9-11-13-15-17-19-20-21-22-23-24-26-27-29-31-33-35-37-39-44(46)51-41-43(42-52-54(48,49)50)53-45(47)40-38-36-34-32-30-28-25-18-16-14-12-10-8-6-4-2/h19-20,22-23,26-28,30-31,33,43H,3-18,21,24-25,29,32,34-42H2,1-2H3,(H2,48,49,50)/b20-19+,23-22+,27-26+,30-28+,33-31+/t43-/m1/s1. The summed E-state index contributed by atoms with van der Waals surface area (Å²) in [5, 5.41) is 0. The number of phosphoric ester groups is 1. The highest BCUT2D eigenvalue weighted by Gasteiger charge is 2.22. The third-order valence-electron chi connectivity index (χ3n) is 9.01. The first-order valence-corrected chi connectivity index (χ1v) is 23.1. The maximum atomic E-state index is 12.4. The fourth-order valence-electron chi connectivity index (χ4n) is 5.77. The molecule has 9 heteroatoms. The number of carbonyl (C=O) groups is 2. The Hall–Kier alpha value is -2.25. The molecule has 0 fully saturated rings. The highest BCUT2D eigenvalue weighted by Crippen LogP contribution is 2.36. The predicted molar refractivity (Wildman–Crippen MR) is 225 cm³/mol. The van der Waals surface area contributed by atoms with Gasteiger partial charge in [0.1, 0.15) is 6.61 Å². The Morgan fingerprint density at radius 2 is 0.852 bits per heavy atom. The van der Waals surface area contributed by atoms with Gasteiger partial charge in [-0.1, -0.05) is 164 Å². The van der Waals surface area contributed by atoms with Crippen LogP contribution >= 0.6 is 7.82 Å². The van der Waals surface area contributed by atoms with Crippen molar-refractivity contribution in [3.8, 4) is 0 Å². The summed E-state index contributed by atoms with van der Waals surface area (Å²) in [4.78, 5) is 42.8. The number of allylic oxidation sites excluding steroid dienone is 10. The van der Waals surface area contributed by atoms with Crippen molar-refractivity contribution in [2.75, 3.05) is 13.2 Å². The second-order valence-corrected chi connectivity index (χ2v) is 15.5. The molecule has 8 nitrogen and oxygen atoms in total. The van der Waals surface area contributed by atoms with Gasteiger partial charge in [-0.25, -0.2) is 4.57 Å². The molecule has 0 aromatic heterocycles. The second-order valence-electron chi connectivity index (χ2n) is 14.3. The largest absolute Gasteiger partial charge is 0.469 e. The van der Waals surface area contributed by atoms with Crippen LogP contribution in [0.15, 0.2) is 60.8 Å². The minimum Gasteiger partial charge on any atom is -0.462 e. The Balaban J connectivity index is 4.03. The lowest BCUT2D eigenvalue weighted by atomic mass is 10.1. The van der Waals surface area contributed by atoms with Crippen LogP contribution in [0.4, 0.5) is 0 Å². The van der Waals surface area contributed by atoms with Crippen LogP contribution in [0.3, 0.4) is 0 Å². The molecule has 312 valence electrons. The molecular formula is C45H79O8P. The van der Waals surface area contributed by atoms with Gasteiger partial charge < -0.3 is 19.3 Å². The number of phosphoric acid groups is 1. The van der Waals surface area contributed by atoms with Crippen molar-refractivity contribution in [2.45, 2.75) is 200 Å². The number of esters is 2. The number of unbranched alkanes of at least 4 members (excludes halogenated alkanes) is 19. The minimum atomic E-state index is -4.77. The summed E-state index contributed by atoms with van der Waals surface area (Å²) >= 11 is 0. The summed E-state index contributed by atoms with van der Waals surface area (Å²) in [7, 11) is -4.77. The summed E-state index contributed by atoms with van der Waals surface area (Å²) in [5.74, 6) is -0.970. The molecule has 0 spiro atoms. The van der Waals surface area contributed by atoms with Gasteiger partial charge in [-0.05, 0) is 77.0 Å². The molecule has 0 saturated heterocycles. The normalized spacial score (nSPS) is 13.0. The lowest BCUT2D eigenvalue weighted by Crippen LogP contribution is -2.29. The molecule has 0 aliphatic rings. The molecule has 0 aliphatic carbocycles. The van der Waals surface area contributed by atoms with Crippen LogP contribution in [-0.4, -0.2) is 41.0 Å². The first-order valence-electron chi connectivity index (χ1n) is 21.6. The maximum Gasteiger partial charge on any atom is 0.469 e. The van der Waals surface area contributed by atoms with Crippen molar-refractivity contribution in [1.29, 1.82) is 0 Å². The number of rotatable bonds is 39. The van der Waals surface area contributed by atoms with Crippen molar-refractivity contribution in [3.05, 3.63) is 60.8 Å². The average Bonchev–Trinajstić information content (AvgIpc) is 3.14. The van der Waals surface area contributed by atoms with Gasteiger partial charge in [-0.15, -0.1) is 0 Å². The summed E-state index contributed by atoms with van der Waals surface area (Å²) < 4.78 is 26.3. The van der Waals surface area contributed by atoms with Crippen molar-refractivity contribution in [2.24, 2.45) is 0 Å². The molecule has 0 bridgehead atoms. The van der Waals surface area contributed by atoms with E-state index in [0.29, 0.717) is 12.8 Å². The Labute approximate surface area is 330 Å². The summed E-state index contributed by atoms with van der Waals surface area (Å²) in [6.07, 6.45) is 51.0. The minimum absolute atomic E-state index is 0.178. The molecule has 1 atom stereocenters. The molecule has 0 rings (SSSR count). The van der Waals surface area contributed by atoms with Crippen molar-refractivity contribution in [1.82, 2.24) is 0 Å². The zero-order valence-electron chi connectivity index (χ0n) is 34.4. The molecule has 0 aromatic rings. The quantitative estimate of drug-likeness (QED) is 0.0274. The molecule has 0 saturated carbocycles. The molecule has 0 amide bonds. The monoisotopic (exact) mass is 779 g/mol. The Kier molecular flexibility index (Phi) is 38.7. The fraction of sp³-hybridized carbons (Fsp3) is 0.733. The van der Waals surface area contributed by atoms with E-state index in [1.54, 1.807) is 0 Å². The van der Waals surface area contributed by atoms with Gasteiger partial charge in [-0.2, -0.15) is 0 Å². The fourth-order valence-corrected chi connectivity index (χ4v) is 6.13. The first-order chi connectivity index (χ1) is 26.3. The van der Waals surface area contributed by atoms with Gasteiger partial charge in [0.2, 0.25) is 0 Å². The Bertz CT molecular complexity index is 1060. The third kappa shape index (κ3) is 42.5. The SMILES string of the molecule is CCCCCCCCC/C=C/C/C=C/C/C=C/C/C=C/CCCC(=O)OC[C@H](COP(=O)(O)O)OC(=O)CCCCC/C=C/CCCCCCCCCC. The van der Waals surface area contributed by atoms with Crippen LogP contribution in [0, 0.1) is 0 Å². The van der Waals surface area contributed by atoms with Crippen LogP contribution < -0.4 is 0 Å². The summed E-state index contributed by atoms with van der Waals surface area (Å²) in [5.41, 5.74) is 0. The smallest absolute Gasteiger partial charge is 0.462 e. The Morgan fingerprint density at radius 1 is 0.481 bits per heavy atom. The average molecular weight is 779 g/mol. The van der Waals surface area contributed by atoms with Gasteiger partial charge in [0.05, 0.1) is 6.61 Å². The molecular weight excluding hydrogens is 699 g/mol. The highest BCUT2D eigenvalue weighted by molar-refractivity contribution is 7.46. The van der Waals surface area contributed by atoms with Crippen LogP contribution in [0.5, 0.6) is 0 Å². The zero-order chi connectivity index (χ0) is 39.6. The third-order valence-corrected chi connectivity index (χ3v) is 9.49.